The number of piperidine rings is 1. The van der Waals surface area contributed by atoms with Crippen LogP contribution in [0.15, 0.2) is 67.4 Å². The normalized spacial score (nSPS) is 25.1. The second kappa shape index (κ2) is 12.3. The number of aliphatic hydroxyl groups excluding tert-OH is 1. The molecule has 10 nitrogen and oxygen atoms in total. The molecule has 0 aliphatic carbocycles. The topological polar surface area (TPSA) is 112 Å². The summed E-state index contributed by atoms with van der Waals surface area (Å²) < 4.78 is 13.2. The van der Waals surface area contributed by atoms with E-state index >= 15 is 0 Å². The zero-order valence-electron chi connectivity index (χ0n) is 24.5. The molecule has 2 N–H and O–H groups in total. The third-order valence-corrected chi connectivity index (χ3v) is 8.80. The Morgan fingerprint density at radius 3 is 2.60 bits per heavy atom. The summed E-state index contributed by atoms with van der Waals surface area (Å²) in [5.74, 6) is -0.915. The molecule has 0 amide bonds. The Hall–Kier alpha value is -3.57. The van der Waals surface area contributed by atoms with Gasteiger partial charge in [-0.15, -0.1) is 0 Å². The van der Waals surface area contributed by atoms with E-state index in [0.717, 1.165) is 37.9 Å². The van der Waals surface area contributed by atoms with Gasteiger partial charge < -0.3 is 24.5 Å². The van der Waals surface area contributed by atoms with E-state index in [1.54, 1.807) is 12.7 Å². The van der Waals surface area contributed by atoms with Crippen LogP contribution >= 0.6 is 0 Å². The van der Waals surface area contributed by atoms with Gasteiger partial charge in [0.2, 0.25) is 0 Å². The second-order valence-corrected chi connectivity index (χ2v) is 11.9. The Morgan fingerprint density at radius 1 is 1.17 bits per heavy atom. The van der Waals surface area contributed by atoms with Gasteiger partial charge in [-0.05, 0) is 56.4 Å². The van der Waals surface area contributed by atoms with Gasteiger partial charge in [-0.1, -0.05) is 36.4 Å². The number of aromatic amines is 1. The van der Waals surface area contributed by atoms with E-state index in [0.29, 0.717) is 24.3 Å². The van der Waals surface area contributed by atoms with Crippen molar-refractivity contribution < 1.29 is 19.4 Å². The highest BCUT2D eigenvalue weighted by atomic mass is 16.6. The number of rotatable bonds is 9. The number of epoxide rings is 1. The van der Waals surface area contributed by atoms with Crippen LogP contribution in [0.5, 0.6) is 0 Å². The summed E-state index contributed by atoms with van der Waals surface area (Å²) in [6.45, 7) is 1.59. The van der Waals surface area contributed by atoms with E-state index in [9.17, 15) is 9.90 Å². The number of aliphatic hydroxyl groups is 1. The van der Waals surface area contributed by atoms with Gasteiger partial charge in [-0.25, -0.2) is 9.67 Å². The molecule has 3 aliphatic rings. The summed E-state index contributed by atoms with van der Waals surface area (Å²) in [6, 6.07) is 16.6. The Labute approximate surface area is 246 Å². The van der Waals surface area contributed by atoms with E-state index in [-0.39, 0.29) is 18.7 Å². The summed E-state index contributed by atoms with van der Waals surface area (Å²) in [7, 11) is 6.33. The number of carbonyl (C=O) groups excluding carboxylic acids is 1. The first-order chi connectivity index (χ1) is 20.4. The fraction of sp³-hybridized carbons (Fsp3) is 0.469. The van der Waals surface area contributed by atoms with Crippen LogP contribution in [0, 0.1) is 0 Å². The zero-order valence-corrected chi connectivity index (χ0v) is 24.5. The van der Waals surface area contributed by atoms with Crippen molar-refractivity contribution in [1.82, 2.24) is 29.5 Å². The molecule has 7 rings (SSSR count). The number of nitrogens with one attached hydrogen (secondary N) is 1. The van der Waals surface area contributed by atoms with Crippen LogP contribution in [0.3, 0.4) is 0 Å². The van der Waals surface area contributed by atoms with Crippen molar-refractivity contribution in [2.24, 2.45) is 0 Å². The molecule has 0 saturated carbocycles. The maximum atomic E-state index is 12.4. The minimum absolute atomic E-state index is 0.0622. The number of benzene rings is 2. The van der Waals surface area contributed by atoms with Gasteiger partial charge >= 0.3 is 5.97 Å². The first-order valence-corrected chi connectivity index (χ1v) is 14.7. The summed E-state index contributed by atoms with van der Waals surface area (Å²) in [4.78, 5) is 24.3. The number of fused-ring (bicyclic) bond motifs is 6. The van der Waals surface area contributed by atoms with Gasteiger partial charge in [0.25, 0.3) is 0 Å². The average molecular weight is 573 g/mol. The third kappa shape index (κ3) is 6.12. The Kier molecular flexibility index (Phi) is 8.39. The fourth-order valence-electron chi connectivity index (χ4n) is 6.42. The molecular weight excluding hydrogens is 532 g/mol. The largest absolute Gasteiger partial charge is 0.462 e. The van der Waals surface area contributed by atoms with Crippen molar-refractivity contribution in [3.63, 3.8) is 0 Å². The molecule has 42 heavy (non-hydrogen) atoms. The lowest BCUT2D eigenvalue weighted by Crippen LogP contribution is -2.48. The van der Waals surface area contributed by atoms with E-state index < -0.39 is 5.92 Å². The Balaban J connectivity index is 0.000000151. The standard InChI is InChI=1S/C17H21NO4.C15H19N5/c1-18-13-7-11(8-14(18)16-15(13)22-16)21-17(20)12(9-19)10-5-3-2-4-6-10;1-19(2)6-5-13-8-17-15-4-3-12(7-14(13)15)9-20-11-16-10-18-20/h2-6,11-16,19H,7-9H2,1H3;3-4,7-8,10-11,17H,5-6,9H2,1-2H3/t11?,12-,13-,14+,15-,16+;/m1./s1. The molecule has 2 bridgehead atoms. The summed E-state index contributed by atoms with van der Waals surface area (Å²) >= 11 is 0. The number of likely N-dealkylation sites (N-methyl/N-ethyl adjacent to an activating group) is 2. The van der Waals surface area contributed by atoms with Crippen LogP contribution in [-0.2, 0) is 27.2 Å². The molecule has 10 heteroatoms. The SMILES string of the molecule is CN(C)CCc1c[nH]c2ccc(Cn3cncn3)cc12.CN1[C@@H]2CC(OC(=O)[C@H](CO)c3ccccc3)C[C@H]1[C@@H]1O[C@@H]12. The van der Waals surface area contributed by atoms with Gasteiger partial charge in [0.1, 0.15) is 36.9 Å². The van der Waals surface area contributed by atoms with E-state index in [1.807, 2.05) is 35.0 Å². The molecule has 2 aromatic carbocycles. The highest BCUT2D eigenvalue weighted by molar-refractivity contribution is 5.84. The molecule has 0 radical (unpaired) electrons. The van der Waals surface area contributed by atoms with Gasteiger partial charge in [0, 0.05) is 48.6 Å². The quantitative estimate of drug-likeness (QED) is 0.233. The lowest BCUT2D eigenvalue weighted by atomic mass is 9.97. The second-order valence-electron chi connectivity index (χ2n) is 11.9. The number of carbonyl (C=O) groups is 1. The van der Waals surface area contributed by atoms with Crippen molar-refractivity contribution in [3.05, 3.63) is 84.1 Å². The first-order valence-electron chi connectivity index (χ1n) is 14.7. The molecule has 222 valence electrons. The molecule has 0 spiro atoms. The first kappa shape index (κ1) is 28.5. The number of aromatic nitrogens is 4. The third-order valence-electron chi connectivity index (χ3n) is 8.80. The molecule has 3 aliphatic heterocycles. The van der Waals surface area contributed by atoms with Gasteiger partial charge in [0.05, 0.1) is 13.2 Å². The summed E-state index contributed by atoms with van der Waals surface area (Å²) in [6.07, 6.45) is 8.74. The van der Waals surface area contributed by atoms with Gasteiger partial charge in [-0.3, -0.25) is 9.69 Å². The fourth-order valence-corrected chi connectivity index (χ4v) is 6.42. The number of esters is 1. The lowest BCUT2D eigenvalue weighted by molar-refractivity contribution is -0.156. The zero-order chi connectivity index (χ0) is 29.2. The number of hydrogen-bond acceptors (Lipinski definition) is 8. The summed E-state index contributed by atoms with van der Waals surface area (Å²) in [5.41, 5.74) is 4.61. The molecule has 3 fully saturated rings. The predicted molar refractivity (Wildman–Crippen MR) is 159 cm³/mol. The molecule has 4 aromatic rings. The van der Waals surface area contributed by atoms with Crippen molar-refractivity contribution in [3.8, 4) is 0 Å². The van der Waals surface area contributed by atoms with Crippen LogP contribution < -0.4 is 0 Å². The van der Waals surface area contributed by atoms with E-state index in [1.165, 1.54) is 22.0 Å². The number of morpholine rings is 1. The number of nitrogens with zero attached hydrogens (tertiary/aromatic N) is 5. The predicted octanol–water partition coefficient (Wildman–Crippen LogP) is 2.83. The monoisotopic (exact) mass is 572 g/mol. The van der Waals surface area contributed by atoms with Crippen LogP contribution in [0.25, 0.3) is 10.9 Å². The highest BCUT2D eigenvalue weighted by Gasteiger charge is 2.62. The minimum atomic E-state index is -0.593. The van der Waals surface area contributed by atoms with Crippen molar-refractivity contribution in [1.29, 1.82) is 0 Å². The number of ether oxygens (including phenoxy) is 2. The van der Waals surface area contributed by atoms with Gasteiger partial charge in [0.15, 0.2) is 0 Å². The smallest absolute Gasteiger partial charge is 0.316 e. The Bertz CT molecular complexity index is 1450. The van der Waals surface area contributed by atoms with Crippen LogP contribution in [-0.4, -0.2) is 105 Å². The lowest BCUT2D eigenvalue weighted by Gasteiger charge is -2.38. The molecule has 3 saturated heterocycles. The molecular formula is C32H40N6O4. The van der Waals surface area contributed by atoms with E-state index in [4.69, 9.17) is 9.47 Å². The van der Waals surface area contributed by atoms with Crippen LogP contribution in [0.2, 0.25) is 0 Å². The molecule has 5 heterocycles. The highest BCUT2D eigenvalue weighted by Crippen LogP contribution is 2.48. The average Bonchev–Trinajstić information content (AvgIpc) is 3.33. The van der Waals surface area contributed by atoms with Crippen molar-refractivity contribution >= 4 is 16.9 Å². The number of H-pyrrole nitrogens is 1. The Morgan fingerprint density at radius 2 is 1.93 bits per heavy atom. The molecule has 2 aromatic heterocycles. The van der Waals surface area contributed by atoms with Crippen molar-refractivity contribution in [2.45, 2.75) is 62.1 Å². The maximum absolute atomic E-state index is 12.4. The van der Waals surface area contributed by atoms with Gasteiger partial charge in [-0.2, -0.15) is 5.10 Å². The summed E-state index contributed by atoms with van der Waals surface area (Å²) in [5, 5.41) is 15.0. The molecule has 6 atom stereocenters. The maximum Gasteiger partial charge on any atom is 0.316 e. The minimum Gasteiger partial charge on any atom is -0.462 e. The van der Waals surface area contributed by atoms with Crippen molar-refractivity contribution in [2.75, 3.05) is 34.3 Å². The molecule has 1 unspecified atom stereocenters. The number of hydrogen-bond donors (Lipinski definition) is 2. The van der Waals surface area contributed by atoms with Crippen LogP contribution in [0.4, 0.5) is 0 Å². The van der Waals surface area contributed by atoms with E-state index in [2.05, 4.69) is 70.4 Å². The van der Waals surface area contributed by atoms with Crippen LogP contribution in [0.1, 0.15) is 35.4 Å².